The van der Waals surface area contributed by atoms with E-state index >= 15 is 0 Å². The molecule has 9 heteroatoms. The van der Waals surface area contributed by atoms with E-state index < -0.39 is 15.9 Å². The topological polar surface area (TPSA) is 104 Å². The molecule has 7 nitrogen and oxygen atoms in total. The molecule has 0 bridgehead atoms. The zero-order valence-electron chi connectivity index (χ0n) is 15.7. The van der Waals surface area contributed by atoms with E-state index in [0.29, 0.717) is 17.1 Å². The Hall–Kier alpha value is -3.17. The number of nitrogens with one attached hydrogen (secondary N) is 3. The van der Waals surface area contributed by atoms with Gasteiger partial charge < -0.3 is 10.6 Å². The molecule has 3 rings (SSSR count). The summed E-state index contributed by atoms with van der Waals surface area (Å²) in [6.45, 7) is 3.31. The monoisotopic (exact) mass is 429 g/mol. The molecular formula is C20H19N3O4S2. The third kappa shape index (κ3) is 5.21. The Morgan fingerprint density at radius 3 is 1.97 bits per heavy atom. The first kappa shape index (κ1) is 20.6. The third-order valence-corrected chi connectivity index (χ3v) is 6.36. The SMILES string of the molecule is CC(=O)Nc1ccc(NC(=O)c2sccc2S(=O)(=O)Nc2ccc(C)cc2)cc1. The highest BCUT2D eigenvalue weighted by Crippen LogP contribution is 2.26. The first-order valence-electron chi connectivity index (χ1n) is 8.60. The van der Waals surface area contributed by atoms with Gasteiger partial charge in [0.05, 0.1) is 0 Å². The van der Waals surface area contributed by atoms with Crippen molar-refractivity contribution in [2.45, 2.75) is 18.7 Å². The van der Waals surface area contributed by atoms with E-state index in [1.54, 1.807) is 53.9 Å². The largest absolute Gasteiger partial charge is 0.326 e. The number of benzene rings is 2. The van der Waals surface area contributed by atoms with Crippen molar-refractivity contribution in [2.24, 2.45) is 0 Å². The summed E-state index contributed by atoms with van der Waals surface area (Å²) in [7, 11) is -3.92. The molecule has 0 radical (unpaired) electrons. The van der Waals surface area contributed by atoms with E-state index in [1.807, 2.05) is 6.92 Å². The minimum absolute atomic E-state index is 0.0792. The summed E-state index contributed by atoms with van der Waals surface area (Å²) in [5.74, 6) is -0.729. The summed E-state index contributed by atoms with van der Waals surface area (Å²) in [5.41, 5.74) is 2.50. The Morgan fingerprint density at radius 1 is 0.828 bits per heavy atom. The molecule has 1 aromatic heterocycles. The molecule has 3 aromatic rings. The van der Waals surface area contributed by atoms with Gasteiger partial charge in [-0.1, -0.05) is 17.7 Å². The van der Waals surface area contributed by atoms with Crippen LogP contribution in [0.4, 0.5) is 17.1 Å². The summed E-state index contributed by atoms with van der Waals surface area (Å²) in [6, 6.07) is 14.8. The van der Waals surface area contributed by atoms with Crippen LogP contribution in [-0.2, 0) is 14.8 Å². The lowest BCUT2D eigenvalue weighted by atomic mass is 10.2. The van der Waals surface area contributed by atoms with Gasteiger partial charge in [0, 0.05) is 24.0 Å². The van der Waals surface area contributed by atoms with Crippen molar-refractivity contribution in [1.82, 2.24) is 0 Å². The van der Waals surface area contributed by atoms with Gasteiger partial charge in [0.25, 0.3) is 15.9 Å². The predicted molar refractivity (Wildman–Crippen MR) is 115 cm³/mol. The smallest absolute Gasteiger partial charge is 0.267 e. The van der Waals surface area contributed by atoms with E-state index in [9.17, 15) is 18.0 Å². The lowest BCUT2D eigenvalue weighted by Crippen LogP contribution is -2.18. The molecule has 0 aliphatic heterocycles. The fourth-order valence-corrected chi connectivity index (χ4v) is 4.92. The van der Waals surface area contributed by atoms with Gasteiger partial charge in [-0.15, -0.1) is 11.3 Å². The number of thiophene rings is 1. The van der Waals surface area contributed by atoms with Crippen molar-refractivity contribution in [3.63, 3.8) is 0 Å². The number of hydrogen-bond donors (Lipinski definition) is 3. The molecule has 29 heavy (non-hydrogen) atoms. The summed E-state index contributed by atoms with van der Waals surface area (Å²) in [5, 5.41) is 6.86. The fourth-order valence-electron chi connectivity index (χ4n) is 2.53. The fraction of sp³-hybridized carbons (Fsp3) is 0.100. The molecule has 0 fully saturated rings. The molecule has 0 spiro atoms. The standard InChI is InChI=1S/C20H19N3O4S2/c1-13-3-5-17(6-4-13)23-29(26,27)18-11-12-28-19(18)20(25)22-16-9-7-15(8-10-16)21-14(2)24/h3-12,23H,1-2H3,(H,21,24)(H,22,25). The molecule has 0 atom stereocenters. The van der Waals surface area contributed by atoms with Crippen LogP contribution in [0.5, 0.6) is 0 Å². The van der Waals surface area contributed by atoms with Gasteiger partial charge in [-0.3, -0.25) is 14.3 Å². The van der Waals surface area contributed by atoms with Crippen molar-refractivity contribution in [1.29, 1.82) is 0 Å². The second-order valence-electron chi connectivity index (χ2n) is 6.30. The highest BCUT2D eigenvalue weighted by atomic mass is 32.2. The highest BCUT2D eigenvalue weighted by Gasteiger charge is 2.24. The first-order chi connectivity index (χ1) is 13.7. The van der Waals surface area contributed by atoms with E-state index in [0.717, 1.165) is 16.9 Å². The number of sulfonamides is 1. The van der Waals surface area contributed by atoms with Gasteiger partial charge in [0.1, 0.15) is 9.77 Å². The second-order valence-corrected chi connectivity index (χ2v) is 8.87. The lowest BCUT2D eigenvalue weighted by Gasteiger charge is -2.10. The summed E-state index contributed by atoms with van der Waals surface area (Å²) in [6.07, 6.45) is 0. The number of hydrogen-bond acceptors (Lipinski definition) is 5. The molecule has 1 heterocycles. The van der Waals surface area contributed by atoms with E-state index in [-0.39, 0.29) is 15.7 Å². The Bertz CT molecular complexity index is 1140. The van der Waals surface area contributed by atoms with Crippen LogP contribution in [0, 0.1) is 6.92 Å². The molecule has 0 aliphatic rings. The highest BCUT2D eigenvalue weighted by molar-refractivity contribution is 7.93. The van der Waals surface area contributed by atoms with Gasteiger partial charge in [-0.25, -0.2) is 8.42 Å². The molecular weight excluding hydrogens is 410 g/mol. The Kier molecular flexibility index (Phi) is 6.00. The number of amides is 2. The number of aryl methyl sites for hydroxylation is 1. The van der Waals surface area contributed by atoms with Crippen LogP contribution < -0.4 is 15.4 Å². The van der Waals surface area contributed by atoms with Gasteiger partial charge >= 0.3 is 0 Å². The molecule has 2 amide bonds. The van der Waals surface area contributed by atoms with Crippen molar-refractivity contribution >= 4 is 50.2 Å². The predicted octanol–water partition coefficient (Wildman–Crippen LogP) is 4.07. The van der Waals surface area contributed by atoms with Crippen LogP contribution >= 0.6 is 11.3 Å². The zero-order chi connectivity index (χ0) is 21.0. The molecule has 0 saturated carbocycles. The molecule has 0 saturated heterocycles. The number of carbonyl (C=O) groups excluding carboxylic acids is 2. The number of anilines is 3. The van der Waals surface area contributed by atoms with Crippen LogP contribution in [0.15, 0.2) is 64.9 Å². The minimum atomic E-state index is -3.92. The van der Waals surface area contributed by atoms with Gasteiger partial charge in [-0.05, 0) is 54.8 Å². The third-order valence-electron chi connectivity index (χ3n) is 3.89. The maximum Gasteiger partial charge on any atom is 0.267 e. The maximum absolute atomic E-state index is 12.7. The Balaban J connectivity index is 1.77. The Labute approximate surface area is 172 Å². The average Bonchev–Trinajstić information content (AvgIpc) is 3.16. The van der Waals surface area contributed by atoms with Crippen molar-refractivity contribution in [2.75, 3.05) is 15.4 Å². The lowest BCUT2D eigenvalue weighted by molar-refractivity contribution is -0.114. The summed E-state index contributed by atoms with van der Waals surface area (Å²) >= 11 is 1.04. The van der Waals surface area contributed by atoms with Gasteiger partial charge in [0.2, 0.25) is 5.91 Å². The molecule has 150 valence electrons. The van der Waals surface area contributed by atoms with Crippen molar-refractivity contribution in [3.8, 4) is 0 Å². The zero-order valence-corrected chi connectivity index (χ0v) is 17.4. The summed E-state index contributed by atoms with van der Waals surface area (Å²) in [4.78, 5) is 23.7. The van der Waals surface area contributed by atoms with Crippen LogP contribution in [0.3, 0.4) is 0 Å². The molecule has 2 aromatic carbocycles. The average molecular weight is 430 g/mol. The number of rotatable bonds is 6. The van der Waals surface area contributed by atoms with Crippen LogP contribution in [-0.4, -0.2) is 20.2 Å². The van der Waals surface area contributed by atoms with E-state index in [2.05, 4.69) is 15.4 Å². The normalized spacial score (nSPS) is 11.0. The Morgan fingerprint density at radius 2 is 1.38 bits per heavy atom. The van der Waals surface area contributed by atoms with Crippen molar-refractivity contribution in [3.05, 3.63) is 70.4 Å². The van der Waals surface area contributed by atoms with Crippen LogP contribution in [0.2, 0.25) is 0 Å². The van der Waals surface area contributed by atoms with Crippen LogP contribution in [0.1, 0.15) is 22.2 Å². The summed E-state index contributed by atoms with van der Waals surface area (Å²) < 4.78 is 28.0. The maximum atomic E-state index is 12.7. The quantitative estimate of drug-likeness (QED) is 0.549. The van der Waals surface area contributed by atoms with Gasteiger partial charge in [0.15, 0.2) is 0 Å². The molecule has 0 unspecified atom stereocenters. The molecule has 0 aliphatic carbocycles. The first-order valence-corrected chi connectivity index (χ1v) is 11.0. The van der Waals surface area contributed by atoms with Crippen LogP contribution in [0.25, 0.3) is 0 Å². The van der Waals surface area contributed by atoms with Gasteiger partial charge in [-0.2, -0.15) is 0 Å². The van der Waals surface area contributed by atoms with E-state index in [4.69, 9.17) is 0 Å². The minimum Gasteiger partial charge on any atom is -0.326 e. The second kappa shape index (κ2) is 8.46. The van der Waals surface area contributed by atoms with E-state index in [1.165, 1.54) is 13.0 Å². The number of carbonyl (C=O) groups is 2. The van der Waals surface area contributed by atoms with Crippen molar-refractivity contribution < 1.29 is 18.0 Å². The molecule has 3 N–H and O–H groups in total.